The van der Waals surface area contributed by atoms with Crippen LogP contribution in [0.4, 0.5) is 0 Å². The molecule has 2 aromatic carbocycles. The van der Waals surface area contributed by atoms with Gasteiger partial charge in [0.25, 0.3) is 0 Å². The molecule has 1 aliphatic rings. The van der Waals surface area contributed by atoms with Gasteiger partial charge < -0.3 is 4.74 Å². The summed E-state index contributed by atoms with van der Waals surface area (Å²) in [6.07, 6.45) is 5.14. The Morgan fingerprint density at radius 1 is 1.20 bits per heavy atom. The standard InChI is InChI=1S/C22H26NO2/c1-3-20(22(24)17-10-5-4-6-11-17)23-15-8-7-14-21(23)18-12-9-13-19(16-18)25-2/h4-7,9-13,16,20-21H,3,8,14-15H2,1-2H3. The summed E-state index contributed by atoms with van der Waals surface area (Å²) in [5.41, 5.74) is 2.02. The van der Waals surface area contributed by atoms with Gasteiger partial charge in [0.15, 0.2) is 5.78 Å². The van der Waals surface area contributed by atoms with E-state index in [0.717, 1.165) is 37.1 Å². The molecule has 131 valence electrons. The number of ether oxygens (including phenoxy) is 1. The third-order valence-electron chi connectivity index (χ3n) is 5.01. The molecule has 25 heavy (non-hydrogen) atoms. The van der Waals surface area contributed by atoms with Crippen LogP contribution in [0.2, 0.25) is 0 Å². The number of nitrogens with zero attached hydrogens (tertiary/aromatic N) is 1. The number of piperidine rings is 1. The number of ketones is 1. The quantitative estimate of drug-likeness (QED) is 0.716. The molecule has 3 nitrogen and oxygen atoms in total. The molecular weight excluding hydrogens is 310 g/mol. The smallest absolute Gasteiger partial charge is 0.179 e. The second kappa shape index (κ2) is 8.30. The summed E-state index contributed by atoms with van der Waals surface area (Å²) in [6.45, 7) is 3.02. The zero-order valence-electron chi connectivity index (χ0n) is 15.0. The highest BCUT2D eigenvalue weighted by Crippen LogP contribution is 2.35. The molecule has 1 aliphatic heterocycles. The number of methoxy groups -OCH3 is 1. The lowest BCUT2D eigenvalue weighted by Crippen LogP contribution is -2.45. The maximum atomic E-state index is 13.1. The van der Waals surface area contributed by atoms with Crippen molar-refractivity contribution in [1.29, 1.82) is 0 Å². The van der Waals surface area contributed by atoms with Gasteiger partial charge in [-0.1, -0.05) is 49.4 Å². The molecule has 3 rings (SSSR count). The Hall–Kier alpha value is -2.13. The molecule has 0 aliphatic carbocycles. The Kier molecular flexibility index (Phi) is 5.87. The highest BCUT2D eigenvalue weighted by Gasteiger charge is 2.33. The Bertz CT molecular complexity index is 698. The minimum absolute atomic E-state index is 0.0905. The lowest BCUT2D eigenvalue weighted by atomic mass is 9.90. The van der Waals surface area contributed by atoms with E-state index in [1.165, 1.54) is 5.56 Å². The van der Waals surface area contributed by atoms with E-state index in [9.17, 15) is 4.79 Å². The van der Waals surface area contributed by atoms with Gasteiger partial charge in [-0.25, -0.2) is 0 Å². The Labute approximate surface area is 150 Å². The minimum atomic E-state index is -0.0905. The SMILES string of the molecule is CCC(C(=O)c1ccccc1)N1CC[CH]CC1c1cccc(OC)c1. The molecule has 0 spiro atoms. The Balaban J connectivity index is 1.89. The van der Waals surface area contributed by atoms with E-state index in [2.05, 4.69) is 30.4 Å². The summed E-state index contributed by atoms with van der Waals surface area (Å²) < 4.78 is 5.39. The maximum absolute atomic E-state index is 13.1. The number of hydrogen-bond acceptors (Lipinski definition) is 3. The normalized spacial score (nSPS) is 19.4. The van der Waals surface area contributed by atoms with E-state index in [-0.39, 0.29) is 17.9 Å². The lowest BCUT2D eigenvalue weighted by Gasteiger charge is -2.40. The summed E-state index contributed by atoms with van der Waals surface area (Å²) in [7, 11) is 1.69. The van der Waals surface area contributed by atoms with Crippen molar-refractivity contribution in [1.82, 2.24) is 4.90 Å². The lowest BCUT2D eigenvalue weighted by molar-refractivity contribution is 0.0670. The zero-order chi connectivity index (χ0) is 17.6. The summed E-state index contributed by atoms with van der Waals surface area (Å²) in [5.74, 6) is 1.09. The van der Waals surface area contributed by atoms with E-state index in [0.29, 0.717) is 0 Å². The molecule has 2 unspecified atom stereocenters. The molecule has 0 amide bonds. The van der Waals surface area contributed by atoms with E-state index in [1.807, 2.05) is 42.5 Å². The van der Waals surface area contributed by atoms with Gasteiger partial charge in [0.1, 0.15) is 5.75 Å². The van der Waals surface area contributed by atoms with Crippen LogP contribution in [0.15, 0.2) is 54.6 Å². The molecule has 0 saturated carbocycles. The molecule has 1 radical (unpaired) electrons. The van der Waals surface area contributed by atoms with Crippen molar-refractivity contribution in [3.63, 3.8) is 0 Å². The first-order chi connectivity index (χ1) is 12.2. The molecule has 0 aromatic heterocycles. The first-order valence-corrected chi connectivity index (χ1v) is 9.05. The molecule has 2 atom stereocenters. The van der Waals surface area contributed by atoms with Crippen LogP contribution >= 0.6 is 0 Å². The van der Waals surface area contributed by atoms with E-state index < -0.39 is 0 Å². The number of benzene rings is 2. The highest BCUT2D eigenvalue weighted by molar-refractivity contribution is 6.00. The number of rotatable bonds is 6. The van der Waals surface area contributed by atoms with Crippen LogP contribution in [0.3, 0.4) is 0 Å². The third kappa shape index (κ3) is 3.93. The maximum Gasteiger partial charge on any atom is 0.179 e. The molecule has 1 fully saturated rings. The monoisotopic (exact) mass is 336 g/mol. The predicted octanol–water partition coefficient (Wildman–Crippen LogP) is 4.70. The summed E-state index contributed by atoms with van der Waals surface area (Å²) in [6, 6.07) is 18.0. The molecule has 2 aromatic rings. The van der Waals surface area contributed by atoms with Crippen LogP contribution in [0, 0.1) is 6.42 Å². The van der Waals surface area contributed by atoms with Crippen LogP contribution in [0.25, 0.3) is 0 Å². The number of hydrogen-bond donors (Lipinski definition) is 0. The molecule has 1 heterocycles. The van der Waals surface area contributed by atoms with E-state index in [4.69, 9.17) is 4.74 Å². The van der Waals surface area contributed by atoms with E-state index >= 15 is 0 Å². The number of Topliss-reactive ketones (excluding diaryl/α,β-unsaturated/α-hetero) is 1. The molecule has 1 saturated heterocycles. The molecular formula is C22H26NO2. The fraction of sp³-hybridized carbons (Fsp3) is 0.364. The Morgan fingerprint density at radius 2 is 2.00 bits per heavy atom. The second-order valence-electron chi connectivity index (χ2n) is 6.50. The number of carbonyl (C=O) groups is 1. The van der Waals surface area contributed by atoms with Gasteiger partial charge in [0.05, 0.1) is 13.2 Å². The average molecular weight is 336 g/mol. The van der Waals surface area contributed by atoms with Gasteiger partial charge in [-0.3, -0.25) is 9.69 Å². The fourth-order valence-corrected chi connectivity index (χ4v) is 3.72. The summed E-state index contributed by atoms with van der Waals surface area (Å²) in [4.78, 5) is 15.5. The first-order valence-electron chi connectivity index (χ1n) is 9.05. The summed E-state index contributed by atoms with van der Waals surface area (Å²) in [5, 5.41) is 0. The van der Waals surface area contributed by atoms with Gasteiger partial charge in [0, 0.05) is 11.6 Å². The van der Waals surface area contributed by atoms with Crippen molar-refractivity contribution < 1.29 is 9.53 Å². The van der Waals surface area contributed by atoms with Crippen molar-refractivity contribution in [2.75, 3.05) is 13.7 Å². The van der Waals surface area contributed by atoms with Gasteiger partial charge in [-0.15, -0.1) is 0 Å². The van der Waals surface area contributed by atoms with Crippen LogP contribution in [-0.4, -0.2) is 30.4 Å². The predicted molar refractivity (Wildman–Crippen MR) is 101 cm³/mol. The second-order valence-corrected chi connectivity index (χ2v) is 6.50. The van der Waals surface area contributed by atoms with Crippen molar-refractivity contribution in [3.05, 3.63) is 72.1 Å². The van der Waals surface area contributed by atoms with Crippen LogP contribution in [0.1, 0.15) is 48.1 Å². The molecule has 3 heteroatoms. The van der Waals surface area contributed by atoms with Crippen LogP contribution in [-0.2, 0) is 0 Å². The highest BCUT2D eigenvalue weighted by atomic mass is 16.5. The molecule has 0 N–H and O–H groups in total. The van der Waals surface area contributed by atoms with Crippen molar-refractivity contribution in [2.45, 2.75) is 38.3 Å². The van der Waals surface area contributed by atoms with Gasteiger partial charge in [-0.2, -0.15) is 0 Å². The van der Waals surface area contributed by atoms with Gasteiger partial charge >= 0.3 is 0 Å². The van der Waals surface area contributed by atoms with Crippen molar-refractivity contribution in [3.8, 4) is 5.75 Å². The number of likely N-dealkylation sites (tertiary alicyclic amines) is 1. The minimum Gasteiger partial charge on any atom is -0.497 e. The van der Waals surface area contributed by atoms with Crippen LogP contribution < -0.4 is 4.74 Å². The fourth-order valence-electron chi connectivity index (χ4n) is 3.72. The number of carbonyl (C=O) groups excluding carboxylic acids is 1. The van der Waals surface area contributed by atoms with Crippen molar-refractivity contribution in [2.24, 2.45) is 0 Å². The first kappa shape index (κ1) is 17.7. The topological polar surface area (TPSA) is 29.5 Å². The zero-order valence-corrected chi connectivity index (χ0v) is 15.0. The third-order valence-corrected chi connectivity index (χ3v) is 5.01. The van der Waals surface area contributed by atoms with Gasteiger partial charge in [0.2, 0.25) is 0 Å². The van der Waals surface area contributed by atoms with E-state index in [1.54, 1.807) is 7.11 Å². The Morgan fingerprint density at radius 3 is 2.72 bits per heavy atom. The van der Waals surface area contributed by atoms with Gasteiger partial charge in [-0.05, 0) is 49.9 Å². The molecule has 0 bridgehead atoms. The van der Waals surface area contributed by atoms with Crippen molar-refractivity contribution >= 4 is 5.78 Å². The summed E-state index contributed by atoms with van der Waals surface area (Å²) >= 11 is 0. The van der Waals surface area contributed by atoms with Crippen LogP contribution in [0.5, 0.6) is 5.75 Å². The average Bonchev–Trinajstić information content (AvgIpc) is 2.69. The largest absolute Gasteiger partial charge is 0.497 e.